The van der Waals surface area contributed by atoms with Crippen LogP contribution in [0, 0.1) is 0 Å². The van der Waals surface area contributed by atoms with Crippen LogP contribution in [0.4, 0.5) is 5.82 Å². The monoisotopic (exact) mass is 209 g/mol. The summed E-state index contributed by atoms with van der Waals surface area (Å²) in [5.74, 6) is 0.869. The van der Waals surface area contributed by atoms with E-state index < -0.39 is 0 Å². The number of anilines is 1. The topological polar surface area (TPSA) is 43.8 Å². The van der Waals surface area contributed by atoms with Gasteiger partial charge in [0.1, 0.15) is 5.82 Å². The van der Waals surface area contributed by atoms with Crippen molar-refractivity contribution < 1.29 is 0 Å². The molecule has 1 aromatic rings. The van der Waals surface area contributed by atoms with Gasteiger partial charge in [-0.2, -0.15) is 0 Å². The number of imidazole rings is 1. The van der Waals surface area contributed by atoms with E-state index in [1.807, 2.05) is 6.33 Å². The van der Waals surface area contributed by atoms with Crippen LogP contribution in [0.3, 0.4) is 0 Å². The second kappa shape index (κ2) is 6.49. The van der Waals surface area contributed by atoms with Gasteiger partial charge in [-0.3, -0.25) is 0 Å². The molecule has 0 unspecified atom stereocenters. The van der Waals surface area contributed by atoms with E-state index in [0.717, 1.165) is 30.9 Å². The van der Waals surface area contributed by atoms with Gasteiger partial charge >= 0.3 is 0 Å². The SMILES string of the molecule is CCCCCCc1ncn(CCC)c1N. The summed E-state index contributed by atoms with van der Waals surface area (Å²) in [4.78, 5) is 4.37. The lowest BCUT2D eigenvalue weighted by molar-refractivity contribution is 0.661. The lowest BCUT2D eigenvalue weighted by Crippen LogP contribution is -2.02. The normalized spacial score (nSPS) is 10.8. The van der Waals surface area contributed by atoms with Crippen LogP contribution in [0.2, 0.25) is 0 Å². The molecule has 2 N–H and O–H groups in total. The molecule has 0 aliphatic rings. The lowest BCUT2D eigenvalue weighted by atomic mass is 10.1. The second-order valence-electron chi connectivity index (χ2n) is 4.08. The van der Waals surface area contributed by atoms with Gasteiger partial charge in [0.2, 0.25) is 0 Å². The molecule has 0 aliphatic heterocycles. The van der Waals surface area contributed by atoms with Crippen molar-refractivity contribution in [2.24, 2.45) is 0 Å². The van der Waals surface area contributed by atoms with Crippen LogP contribution in [0.5, 0.6) is 0 Å². The first kappa shape index (κ1) is 12.1. The summed E-state index contributed by atoms with van der Waals surface area (Å²) in [6.07, 6.45) is 9.10. The zero-order chi connectivity index (χ0) is 11.1. The molecule has 1 heterocycles. The minimum Gasteiger partial charge on any atom is -0.384 e. The standard InChI is InChI=1S/C12H23N3/c1-3-5-6-7-8-11-12(13)15(9-4-2)10-14-11/h10H,3-9,13H2,1-2H3. The van der Waals surface area contributed by atoms with Gasteiger partial charge in [-0.15, -0.1) is 0 Å². The van der Waals surface area contributed by atoms with Gasteiger partial charge in [0, 0.05) is 6.54 Å². The number of nitrogen functional groups attached to an aromatic ring is 1. The Morgan fingerprint density at radius 1 is 1.20 bits per heavy atom. The average molecular weight is 209 g/mol. The predicted molar refractivity (Wildman–Crippen MR) is 64.8 cm³/mol. The van der Waals surface area contributed by atoms with Crippen molar-refractivity contribution in [1.29, 1.82) is 0 Å². The largest absolute Gasteiger partial charge is 0.384 e. The summed E-state index contributed by atoms with van der Waals surface area (Å²) in [5, 5.41) is 0. The molecule has 0 amide bonds. The number of unbranched alkanes of at least 4 members (excludes halogenated alkanes) is 3. The quantitative estimate of drug-likeness (QED) is 0.701. The van der Waals surface area contributed by atoms with Crippen LogP contribution in [-0.4, -0.2) is 9.55 Å². The van der Waals surface area contributed by atoms with E-state index in [4.69, 9.17) is 5.73 Å². The minimum atomic E-state index is 0.869. The average Bonchev–Trinajstić information content (AvgIpc) is 2.57. The van der Waals surface area contributed by atoms with E-state index in [-0.39, 0.29) is 0 Å². The van der Waals surface area contributed by atoms with Crippen molar-refractivity contribution in [2.75, 3.05) is 5.73 Å². The van der Waals surface area contributed by atoms with Gasteiger partial charge in [-0.05, 0) is 19.3 Å². The first-order valence-corrected chi connectivity index (χ1v) is 6.09. The maximum Gasteiger partial charge on any atom is 0.126 e. The van der Waals surface area contributed by atoms with Gasteiger partial charge in [-0.1, -0.05) is 33.1 Å². The highest BCUT2D eigenvalue weighted by atomic mass is 15.1. The molecule has 0 saturated heterocycles. The van der Waals surface area contributed by atoms with E-state index in [1.165, 1.54) is 25.7 Å². The Labute approximate surface area is 92.7 Å². The first-order chi connectivity index (χ1) is 7.29. The highest BCUT2D eigenvalue weighted by Gasteiger charge is 2.05. The summed E-state index contributed by atoms with van der Waals surface area (Å²) in [7, 11) is 0. The molecule has 0 atom stereocenters. The molecular formula is C12H23N3. The lowest BCUT2D eigenvalue weighted by Gasteiger charge is -2.03. The molecule has 0 saturated carbocycles. The van der Waals surface area contributed by atoms with Crippen LogP contribution >= 0.6 is 0 Å². The van der Waals surface area contributed by atoms with Crippen LogP contribution in [-0.2, 0) is 13.0 Å². The molecule has 0 spiro atoms. The Kier molecular flexibility index (Phi) is 5.22. The van der Waals surface area contributed by atoms with Crippen molar-refractivity contribution in [3.05, 3.63) is 12.0 Å². The number of hydrogen-bond acceptors (Lipinski definition) is 2. The number of nitrogens with two attached hydrogens (primary N) is 1. The van der Waals surface area contributed by atoms with Crippen LogP contribution in [0.15, 0.2) is 6.33 Å². The zero-order valence-corrected chi connectivity index (χ0v) is 10.00. The fourth-order valence-corrected chi connectivity index (χ4v) is 1.76. The number of nitrogens with zero attached hydrogens (tertiary/aromatic N) is 2. The van der Waals surface area contributed by atoms with Gasteiger partial charge < -0.3 is 10.3 Å². The molecule has 1 rings (SSSR count). The van der Waals surface area contributed by atoms with E-state index >= 15 is 0 Å². The summed E-state index contributed by atoms with van der Waals surface area (Å²) in [6, 6.07) is 0. The number of hydrogen-bond donors (Lipinski definition) is 1. The number of rotatable bonds is 7. The van der Waals surface area contributed by atoms with Gasteiger partial charge in [0.05, 0.1) is 12.0 Å². The molecule has 3 nitrogen and oxygen atoms in total. The predicted octanol–water partition coefficient (Wildman–Crippen LogP) is 3.00. The fraction of sp³-hybridized carbons (Fsp3) is 0.750. The summed E-state index contributed by atoms with van der Waals surface area (Å²) in [5.41, 5.74) is 7.09. The molecule has 0 aromatic carbocycles. The first-order valence-electron chi connectivity index (χ1n) is 6.09. The van der Waals surface area contributed by atoms with Crippen LogP contribution < -0.4 is 5.73 Å². The molecule has 3 heteroatoms. The third-order valence-electron chi connectivity index (χ3n) is 2.69. The molecule has 15 heavy (non-hydrogen) atoms. The van der Waals surface area contributed by atoms with Crippen LogP contribution in [0.1, 0.15) is 51.6 Å². The molecule has 0 bridgehead atoms. The molecule has 1 aromatic heterocycles. The summed E-state index contributed by atoms with van der Waals surface area (Å²) in [6.45, 7) is 5.36. The number of aryl methyl sites for hydroxylation is 2. The van der Waals surface area contributed by atoms with E-state index in [2.05, 4.69) is 23.4 Å². The highest BCUT2D eigenvalue weighted by Crippen LogP contribution is 2.14. The smallest absolute Gasteiger partial charge is 0.126 e. The fourth-order valence-electron chi connectivity index (χ4n) is 1.76. The van der Waals surface area contributed by atoms with Gasteiger partial charge in [-0.25, -0.2) is 4.98 Å². The van der Waals surface area contributed by atoms with Crippen molar-refractivity contribution in [1.82, 2.24) is 9.55 Å². The van der Waals surface area contributed by atoms with E-state index in [0.29, 0.717) is 0 Å². The zero-order valence-electron chi connectivity index (χ0n) is 10.00. The maximum absolute atomic E-state index is 6.00. The molecular weight excluding hydrogens is 186 g/mol. The number of aromatic nitrogens is 2. The molecule has 86 valence electrons. The van der Waals surface area contributed by atoms with Crippen molar-refractivity contribution in [3.63, 3.8) is 0 Å². The maximum atomic E-state index is 6.00. The second-order valence-corrected chi connectivity index (χ2v) is 4.08. The molecule has 0 radical (unpaired) electrons. The van der Waals surface area contributed by atoms with E-state index in [9.17, 15) is 0 Å². The third kappa shape index (κ3) is 3.57. The molecule has 0 fully saturated rings. The highest BCUT2D eigenvalue weighted by molar-refractivity contribution is 5.35. The third-order valence-corrected chi connectivity index (χ3v) is 2.69. The van der Waals surface area contributed by atoms with Crippen LogP contribution in [0.25, 0.3) is 0 Å². The van der Waals surface area contributed by atoms with Crippen molar-refractivity contribution in [2.45, 2.75) is 58.9 Å². The molecule has 0 aliphatic carbocycles. The summed E-state index contributed by atoms with van der Waals surface area (Å²) < 4.78 is 2.05. The summed E-state index contributed by atoms with van der Waals surface area (Å²) >= 11 is 0. The van der Waals surface area contributed by atoms with Gasteiger partial charge in [0.25, 0.3) is 0 Å². The Morgan fingerprint density at radius 3 is 2.67 bits per heavy atom. The Balaban J connectivity index is 2.40. The Hall–Kier alpha value is -0.990. The van der Waals surface area contributed by atoms with Crippen molar-refractivity contribution in [3.8, 4) is 0 Å². The minimum absolute atomic E-state index is 0.869. The Bertz CT molecular complexity index is 278. The van der Waals surface area contributed by atoms with Gasteiger partial charge in [0.15, 0.2) is 0 Å². The van der Waals surface area contributed by atoms with Crippen molar-refractivity contribution >= 4 is 5.82 Å². The Morgan fingerprint density at radius 2 is 2.00 bits per heavy atom. The van der Waals surface area contributed by atoms with E-state index in [1.54, 1.807) is 0 Å².